The summed E-state index contributed by atoms with van der Waals surface area (Å²) in [6, 6.07) is 14.9. The van der Waals surface area contributed by atoms with Gasteiger partial charge in [-0.25, -0.2) is 4.79 Å². The fourth-order valence-electron chi connectivity index (χ4n) is 3.23. The minimum Gasteiger partial charge on any atom is -0.496 e. The van der Waals surface area contributed by atoms with Crippen molar-refractivity contribution in [2.45, 2.75) is 32.7 Å². The lowest BCUT2D eigenvalue weighted by Crippen LogP contribution is -2.14. The average molecular weight is 362 g/mol. The molecular weight excluding hydrogens is 340 g/mol. The van der Waals surface area contributed by atoms with Crippen molar-refractivity contribution in [3.05, 3.63) is 64.8 Å². The standard InChI is InChI=1S/C22H22N2O3/c1-22(2,3)17-6-8-20(27-4)16(10-17)13-24-18-7-5-14(12-23)9-15(18)11-19(24)21(25)26/h5-11H,13H2,1-4H3,(H,25,26). The minimum absolute atomic E-state index is 0.0307. The van der Waals surface area contributed by atoms with Crippen molar-refractivity contribution in [3.8, 4) is 11.8 Å². The SMILES string of the molecule is COc1ccc(C(C)(C)C)cc1Cn1c(C(=O)O)cc2cc(C#N)ccc21. The molecule has 138 valence electrons. The van der Waals surface area contributed by atoms with Gasteiger partial charge in [0.2, 0.25) is 0 Å². The number of carboxylic acid groups (broad SMARTS) is 1. The van der Waals surface area contributed by atoms with Gasteiger partial charge in [-0.2, -0.15) is 5.26 Å². The first-order valence-corrected chi connectivity index (χ1v) is 8.68. The zero-order valence-corrected chi connectivity index (χ0v) is 15.9. The first-order valence-electron chi connectivity index (χ1n) is 8.68. The van der Waals surface area contributed by atoms with Crippen LogP contribution in [0.2, 0.25) is 0 Å². The number of aromatic nitrogens is 1. The first-order chi connectivity index (χ1) is 12.7. The molecule has 5 heteroatoms. The van der Waals surface area contributed by atoms with Crippen LogP contribution in [0.4, 0.5) is 0 Å². The van der Waals surface area contributed by atoms with E-state index in [1.54, 1.807) is 35.9 Å². The quantitative estimate of drug-likeness (QED) is 0.738. The van der Waals surface area contributed by atoms with E-state index >= 15 is 0 Å². The van der Waals surface area contributed by atoms with E-state index in [0.717, 1.165) is 27.8 Å². The van der Waals surface area contributed by atoms with E-state index in [4.69, 9.17) is 10.00 Å². The summed E-state index contributed by atoms with van der Waals surface area (Å²) in [6.45, 7) is 6.77. The minimum atomic E-state index is -1.00. The number of fused-ring (bicyclic) bond motifs is 1. The Morgan fingerprint density at radius 2 is 1.93 bits per heavy atom. The number of carbonyl (C=O) groups is 1. The monoisotopic (exact) mass is 362 g/mol. The summed E-state index contributed by atoms with van der Waals surface area (Å²) in [6.07, 6.45) is 0. The summed E-state index contributed by atoms with van der Waals surface area (Å²) >= 11 is 0. The molecule has 0 aliphatic carbocycles. The van der Waals surface area contributed by atoms with Crippen molar-refractivity contribution < 1.29 is 14.6 Å². The van der Waals surface area contributed by atoms with Gasteiger partial charge in [-0.15, -0.1) is 0 Å². The Kier molecular flexibility index (Phi) is 4.67. The normalized spacial score (nSPS) is 11.4. The van der Waals surface area contributed by atoms with Crippen LogP contribution in [0.3, 0.4) is 0 Å². The number of hydrogen-bond acceptors (Lipinski definition) is 3. The predicted molar refractivity (Wildman–Crippen MR) is 104 cm³/mol. The fraction of sp³-hybridized carbons (Fsp3) is 0.273. The second-order valence-electron chi connectivity index (χ2n) is 7.58. The van der Waals surface area contributed by atoms with Crippen LogP contribution in [-0.2, 0) is 12.0 Å². The second kappa shape index (κ2) is 6.81. The Labute approximate surface area is 158 Å². The van der Waals surface area contributed by atoms with Gasteiger partial charge in [0.1, 0.15) is 11.4 Å². The third-order valence-electron chi connectivity index (χ3n) is 4.72. The van der Waals surface area contributed by atoms with Crippen LogP contribution in [-0.4, -0.2) is 22.8 Å². The summed E-state index contributed by atoms with van der Waals surface area (Å²) in [4.78, 5) is 11.8. The van der Waals surface area contributed by atoms with Crippen LogP contribution in [0, 0.1) is 11.3 Å². The van der Waals surface area contributed by atoms with E-state index in [1.807, 2.05) is 12.1 Å². The van der Waals surface area contributed by atoms with Crippen molar-refractivity contribution in [3.63, 3.8) is 0 Å². The van der Waals surface area contributed by atoms with Gasteiger partial charge in [0, 0.05) is 16.5 Å². The summed E-state index contributed by atoms with van der Waals surface area (Å²) < 4.78 is 7.26. The summed E-state index contributed by atoms with van der Waals surface area (Å²) in [5, 5.41) is 19.5. The first kappa shape index (κ1) is 18.5. The number of aromatic carboxylic acids is 1. The molecule has 3 rings (SSSR count). The molecular formula is C22H22N2O3. The molecule has 1 heterocycles. The van der Waals surface area contributed by atoms with E-state index in [-0.39, 0.29) is 11.1 Å². The predicted octanol–water partition coefficient (Wildman–Crippen LogP) is 4.57. The molecule has 0 radical (unpaired) electrons. The van der Waals surface area contributed by atoms with Crippen LogP contribution in [0.15, 0.2) is 42.5 Å². The Morgan fingerprint density at radius 1 is 1.19 bits per heavy atom. The van der Waals surface area contributed by atoms with Gasteiger partial charge in [-0.3, -0.25) is 0 Å². The number of methoxy groups -OCH3 is 1. The lowest BCUT2D eigenvalue weighted by atomic mass is 9.86. The van der Waals surface area contributed by atoms with E-state index < -0.39 is 5.97 Å². The molecule has 0 bridgehead atoms. The number of benzene rings is 2. The van der Waals surface area contributed by atoms with Gasteiger partial charge in [0.15, 0.2) is 0 Å². The second-order valence-corrected chi connectivity index (χ2v) is 7.58. The topological polar surface area (TPSA) is 75.2 Å². The molecule has 0 saturated carbocycles. The molecule has 5 nitrogen and oxygen atoms in total. The lowest BCUT2D eigenvalue weighted by Gasteiger charge is -2.21. The molecule has 0 aliphatic heterocycles. The van der Waals surface area contributed by atoms with E-state index in [1.165, 1.54) is 0 Å². The summed E-state index contributed by atoms with van der Waals surface area (Å²) in [5.41, 5.74) is 3.49. The van der Waals surface area contributed by atoms with E-state index in [9.17, 15) is 9.90 Å². The van der Waals surface area contributed by atoms with Gasteiger partial charge < -0.3 is 14.4 Å². The van der Waals surface area contributed by atoms with Crippen molar-refractivity contribution >= 4 is 16.9 Å². The smallest absolute Gasteiger partial charge is 0.352 e. The highest BCUT2D eigenvalue weighted by atomic mass is 16.5. The maximum absolute atomic E-state index is 11.8. The van der Waals surface area contributed by atoms with Crippen molar-refractivity contribution in [1.82, 2.24) is 4.57 Å². The van der Waals surface area contributed by atoms with Crippen molar-refractivity contribution in [2.24, 2.45) is 0 Å². The Morgan fingerprint density at radius 3 is 2.52 bits per heavy atom. The van der Waals surface area contributed by atoms with Gasteiger partial charge in [-0.1, -0.05) is 26.8 Å². The summed E-state index contributed by atoms with van der Waals surface area (Å²) in [5.74, 6) is -0.287. The molecule has 1 aromatic heterocycles. The van der Waals surface area contributed by atoms with Crippen LogP contribution < -0.4 is 4.74 Å². The lowest BCUT2D eigenvalue weighted by molar-refractivity contribution is 0.0686. The number of carboxylic acids is 1. The fourth-order valence-corrected chi connectivity index (χ4v) is 3.23. The third kappa shape index (κ3) is 3.52. The van der Waals surface area contributed by atoms with Crippen LogP contribution in [0.1, 0.15) is 48.0 Å². The van der Waals surface area contributed by atoms with Gasteiger partial charge >= 0.3 is 5.97 Å². The van der Waals surface area contributed by atoms with Gasteiger partial charge in [0.25, 0.3) is 0 Å². The number of nitriles is 1. The zero-order valence-electron chi connectivity index (χ0n) is 15.9. The van der Waals surface area contributed by atoms with Gasteiger partial charge in [-0.05, 0) is 47.4 Å². The maximum atomic E-state index is 11.8. The van der Waals surface area contributed by atoms with Crippen molar-refractivity contribution in [1.29, 1.82) is 5.26 Å². The largest absolute Gasteiger partial charge is 0.496 e. The Bertz CT molecular complexity index is 1070. The zero-order chi connectivity index (χ0) is 19.8. The summed E-state index contributed by atoms with van der Waals surface area (Å²) in [7, 11) is 1.61. The van der Waals surface area contributed by atoms with Crippen LogP contribution >= 0.6 is 0 Å². The molecule has 0 saturated heterocycles. The number of hydrogen-bond donors (Lipinski definition) is 1. The average Bonchev–Trinajstić information content (AvgIpc) is 2.98. The highest BCUT2D eigenvalue weighted by Crippen LogP contribution is 2.30. The number of nitrogens with zero attached hydrogens (tertiary/aromatic N) is 2. The molecule has 0 spiro atoms. The van der Waals surface area contributed by atoms with Crippen LogP contribution in [0.5, 0.6) is 5.75 Å². The third-order valence-corrected chi connectivity index (χ3v) is 4.72. The molecule has 0 atom stereocenters. The molecule has 1 N–H and O–H groups in total. The highest BCUT2D eigenvalue weighted by molar-refractivity contribution is 5.95. The van der Waals surface area contributed by atoms with Gasteiger partial charge in [0.05, 0.1) is 25.3 Å². The van der Waals surface area contributed by atoms with E-state index in [2.05, 4.69) is 32.9 Å². The Hall–Kier alpha value is -3.26. The molecule has 0 fully saturated rings. The van der Waals surface area contributed by atoms with Crippen LogP contribution in [0.25, 0.3) is 10.9 Å². The highest BCUT2D eigenvalue weighted by Gasteiger charge is 2.19. The molecule has 0 aliphatic rings. The molecule has 2 aromatic carbocycles. The maximum Gasteiger partial charge on any atom is 0.352 e. The van der Waals surface area contributed by atoms with E-state index in [0.29, 0.717) is 12.1 Å². The number of rotatable bonds is 4. The molecule has 0 amide bonds. The molecule has 0 unspecified atom stereocenters. The molecule has 3 aromatic rings. The van der Waals surface area contributed by atoms with Crippen molar-refractivity contribution in [2.75, 3.05) is 7.11 Å². The molecule has 27 heavy (non-hydrogen) atoms. The number of ether oxygens (including phenoxy) is 1. The Balaban J connectivity index is 2.18.